The lowest BCUT2D eigenvalue weighted by Gasteiger charge is -2.29. The lowest BCUT2D eigenvalue weighted by atomic mass is 10.1. The Labute approximate surface area is 148 Å². The number of benzene rings is 1. The average Bonchev–Trinajstić information content (AvgIpc) is 3.17. The van der Waals surface area contributed by atoms with Gasteiger partial charge in [0.15, 0.2) is 0 Å². The zero-order valence-electron chi connectivity index (χ0n) is 14.5. The highest BCUT2D eigenvalue weighted by atomic mass is 16.3. The van der Waals surface area contributed by atoms with Gasteiger partial charge in [-0.25, -0.2) is 9.97 Å². The number of aromatic nitrogens is 3. The minimum absolute atomic E-state index is 0.199. The maximum Gasteiger partial charge on any atom is 0.137 e. The van der Waals surface area contributed by atoms with Gasteiger partial charge < -0.3 is 5.11 Å². The van der Waals surface area contributed by atoms with Crippen LogP contribution < -0.4 is 0 Å². The quantitative estimate of drug-likeness (QED) is 0.687. The van der Waals surface area contributed by atoms with Crippen LogP contribution in [0.3, 0.4) is 0 Å². The van der Waals surface area contributed by atoms with Crippen molar-refractivity contribution in [2.24, 2.45) is 0 Å². The summed E-state index contributed by atoms with van der Waals surface area (Å²) in [5.74, 6) is 0.860. The maximum absolute atomic E-state index is 9.31. The van der Waals surface area contributed by atoms with Crippen LogP contribution in [0.15, 0.2) is 67.4 Å². The first kappa shape index (κ1) is 17.3. The SMILES string of the molecule is CC(CCO)N(Cc1ccccc1)Cc1ccc(-n2ccnc2)nc1. The normalized spacial score (nSPS) is 12.4. The van der Waals surface area contributed by atoms with E-state index >= 15 is 0 Å². The number of hydrogen-bond acceptors (Lipinski definition) is 4. The Morgan fingerprint density at radius 2 is 1.88 bits per heavy atom. The minimum Gasteiger partial charge on any atom is -0.396 e. The molecule has 0 aliphatic rings. The molecule has 1 aromatic carbocycles. The van der Waals surface area contributed by atoms with Gasteiger partial charge in [0.1, 0.15) is 12.1 Å². The fraction of sp³-hybridized carbons (Fsp3) is 0.300. The van der Waals surface area contributed by atoms with E-state index < -0.39 is 0 Å². The summed E-state index contributed by atoms with van der Waals surface area (Å²) in [6.07, 6.45) is 8.04. The van der Waals surface area contributed by atoms with Crippen LogP contribution in [-0.2, 0) is 13.1 Å². The molecule has 0 radical (unpaired) electrons. The molecular weight excluding hydrogens is 312 g/mol. The van der Waals surface area contributed by atoms with E-state index in [1.807, 2.05) is 29.1 Å². The van der Waals surface area contributed by atoms with Gasteiger partial charge in [-0.3, -0.25) is 9.47 Å². The molecule has 1 N–H and O–H groups in total. The highest BCUT2D eigenvalue weighted by Gasteiger charge is 2.15. The standard InChI is InChI=1S/C20H24N4O/c1-17(9-12-25)24(14-18-5-3-2-4-6-18)15-19-7-8-20(22-13-19)23-11-10-21-16-23/h2-8,10-11,13,16-17,25H,9,12,14-15H2,1H3. The van der Waals surface area contributed by atoms with E-state index in [1.54, 1.807) is 12.5 Å². The van der Waals surface area contributed by atoms with Crippen molar-refractivity contribution in [3.8, 4) is 5.82 Å². The fourth-order valence-corrected chi connectivity index (χ4v) is 2.85. The van der Waals surface area contributed by atoms with Crippen molar-refractivity contribution in [2.75, 3.05) is 6.61 Å². The number of aliphatic hydroxyl groups is 1. The first-order valence-electron chi connectivity index (χ1n) is 8.58. The number of nitrogens with zero attached hydrogens (tertiary/aromatic N) is 4. The van der Waals surface area contributed by atoms with Crippen LogP contribution in [0.25, 0.3) is 5.82 Å². The van der Waals surface area contributed by atoms with E-state index in [1.165, 1.54) is 5.56 Å². The lowest BCUT2D eigenvalue weighted by molar-refractivity contribution is 0.153. The monoisotopic (exact) mass is 336 g/mol. The summed E-state index contributed by atoms with van der Waals surface area (Å²) in [5, 5.41) is 9.31. The van der Waals surface area contributed by atoms with Crippen molar-refractivity contribution in [1.29, 1.82) is 0 Å². The molecule has 0 aliphatic carbocycles. The largest absolute Gasteiger partial charge is 0.396 e. The Hall–Kier alpha value is -2.50. The summed E-state index contributed by atoms with van der Waals surface area (Å²) in [6.45, 7) is 4.01. The van der Waals surface area contributed by atoms with Gasteiger partial charge >= 0.3 is 0 Å². The van der Waals surface area contributed by atoms with E-state index in [2.05, 4.69) is 52.1 Å². The number of hydrogen-bond donors (Lipinski definition) is 1. The number of aliphatic hydroxyl groups excluding tert-OH is 1. The highest BCUT2D eigenvalue weighted by Crippen LogP contribution is 2.15. The molecule has 0 fully saturated rings. The Balaban J connectivity index is 1.72. The predicted molar refractivity (Wildman–Crippen MR) is 98.2 cm³/mol. The minimum atomic E-state index is 0.199. The van der Waals surface area contributed by atoms with E-state index in [0.717, 1.165) is 30.9 Å². The Kier molecular flexibility index (Phi) is 5.93. The van der Waals surface area contributed by atoms with Gasteiger partial charge in [0.25, 0.3) is 0 Å². The highest BCUT2D eigenvalue weighted by molar-refractivity contribution is 5.25. The van der Waals surface area contributed by atoms with Crippen LogP contribution in [0.1, 0.15) is 24.5 Å². The lowest BCUT2D eigenvalue weighted by Crippen LogP contribution is -2.32. The first-order valence-corrected chi connectivity index (χ1v) is 8.58. The predicted octanol–water partition coefficient (Wildman–Crippen LogP) is 3.04. The smallest absolute Gasteiger partial charge is 0.137 e. The molecule has 0 amide bonds. The molecule has 3 rings (SSSR count). The van der Waals surface area contributed by atoms with Crippen molar-refractivity contribution < 1.29 is 5.11 Å². The molecule has 1 atom stereocenters. The summed E-state index contributed by atoms with van der Waals surface area (Å²) in [5.41, 5.74) is 2.43. The van der Waals surface area contributed by atoms with Gasteiger partial charge in [-0.05, 0) is 30.5 Å². The van der Waals surface area contributed by atoms with Crippen LogP contribution in [0.4, 0.5) is 0 Å². The van der Waals surface area contributed by atoms with Gasteiger partial charge in [-0.2, -0.15) is 0 Å². The second-order valence-electron chi connectivity index (χ2n) is 6.25. The van der Waals surface area contributed by atoms with Crippen LogP contribution in [0, 0.1) is 0 Å². The van der Waals surface area contributed by atoms with Gasteiger partial charge in [-0.1, -0.05) is 36.4 Å². The topological polar surface area (TPSA) is 54.2 Å². The van der Waals surface area contributed by atoms with Crippen LogP contribution in [-0.4, -0.2) is 37.2 Å². The third-order valence-corrected chi connectivity index (χ3v) is 4.36. The molecular formula is C20H24N4O. The molecule has 0 bridgehead atoms. The molecule has 0 spiro atoms. The summed E-state index contributed by atoms with van der Waals surface area (Å²) >= 11 is 0. The molecule has 5 nitrogen and oxygen atoms in total. The Morgan fingerprint density at radius 1 is 1.08 bits per heavy atom. The van der Waals surface area contributed by atoms with Gasteiger partial charge in [-0.15, -0.1) is 0 Å². The van der Waals surface area contributed by atoms with Crippen molar-refractivity contribution in [2.45, 2.75) is 32.5 Å². The number of imidazole rings is 1. The van der Waals surface area contributed by atoms with Gasteiger partial charge in [0.05, 0.1) is 0 Å². The molecule has 5 heteroatoms. The Morgan fingerprint density at radius 3 is 2.52 bits per heavy atom. The maximum atomic E-state index is 9.31. The molecule has 130 valence electrons. The molecule has 2 aromatic heterocycles. The summed E-state index contributed by atoms with van der Waals surface area (Å²) in [6, 6.07) is 14.8. The molecule has 3 aromatic rings. The number of rotatable bonds is 8. The zero-order chi connectivity index (χ0) is 17.5. The third kappa shape index (κ3) is 4.75. The van der Waals surface area contributed by atoms with Gasteiger partial charge in [0.2, 0.25) is 0 Å². The number of pyridine rings is 1. The van der Waals surface area contributed by atoms with Crippen LogP contribution in [0.5, 0.6) is 0 Å². The van der Waals surface area contributed by atoms with E-state index in [-0.39, 0.29) is 6.61 Å². The molecule has 0 saturated heterocycles. The second kappa shape index (κ2) is 8.55. The van der Waals surface area contributed by atoms with Crippen LogP contribution in [0.2, 0.25) is 0 Å². The molecule has 0 aliphatic heterocycles. The van der Waals surface area contributed by atoms with Crippen molar-refractivity contribution in [1.82, 2.24) is 19.4 Å². The van der Waals surface area contributed by atoms with E-state index in [4.69, 9.17) is 0 Å². The average molecular weight is 336 g/mol. The summed E-state index contributed by atoms with van der Waals surface area (Å²) < 4.78 is 1.89. The molecule has 25 heavy (non-hydrogen) atoms. The third-order valence-electron chi connectivity index (χ3n) is 4.36. The second-order valence-corrected chi connectivity index (χ2v) is 6.25. The Bertz CT molecular complexity index is 741. The van der Waals surface area contributed by atoms with Crippen molar-refractivity contribution >= 4 is 0 Å². The zero-order valence-corrected chi connectivity index (χ0v) is 14.5. The molecule has 0 saturated carbocycles. The fourth-order valence-electron chi connectivity index (χ4n) is 2.85. The van der Waals surface area contributed by atoms with E-state index in [0.29, 0.717) is 6.04 Å². The van der Waals surface area contributed by atoms with E-state index in [9.17, 15) is 5.11 Å². The van der Waals surface area contributed by atoms with Crippen LogP contribution >= 0.6 is 0 Å². The van der Waals surface area contributed by atoms with Crippen molar-refractivity contribution in [3.63, 3.8) is 0 Å². The summed E-state index contributed by atoms with van der Waals surface area (Å²) in [4.78, 5) is 11.0. The first-order chi connectivity index (χ1) is 12.3. The summed E-state index contributed by atoms with van der Waals surface area (Å²) in [7, 11) is 0. The van der Waals surface area contributed by atoms with Crippen molar-refractivity contribution in [3.05, 3.63) is 78.5 Å². The molecule has 1 unspecified atom stereocenters. The van der Waals surface area contributed by atoms with Gasteiger partial charge in [0, 0.05) is 44.3 Å². The molecule has 2 heterocycles.